The van der Waals surface area contributed by atoms with Crippen LogP contribution in [-0.2, 0) is 56.6 Å². The van der Waals surface area contributed by atoms with Crippen LogP contribution in [-0.4, -0.2) is 218 Å². The first-order valence-corrected chi connectivity index (χ1v) is 22.9. The first-order chi connectivity index (χ1) is 30.3. The zero-order valence-corrected chi connectivity index (χ0v) is 37.9. The Balaban J connectivity index is 2.22. The molecule has 0 aromatic carbocycles. The summed E-state index contributed by atoms with van der Waals surface area (Å²) in [4.78, 5) is 110. The smallest absolute Gasteiger partial charge is 0.472 e. The van der Waals surface area contributed by atoms with Gasteiger partial charge in [0.05, 0.1) is 39.4 Å². The fraction of sp³-hybridized carbons (Fsp3) is 0.789. The quantitative estimate of drug-likeness (QED) is 0.0229. The Morgan fingerprint density at radius 2 is 0.953 bits per heavy atom. The summed E-state index contributed by atoms with van der Waals surface area (Å²) in [5.41, 5.74) is 0. The van der Waals surface area contributed by atoms with Crippen LogP contribution < -0.4 is 21.3 Å². The molecule has 25 nitrogen and oxygen atoms in total. The van der Waals surface area contributed by atoms with Crippen molar-refractivity contribution < 1.29 is 81.7 Å². The van der Waals surface area contributed by atoms with Crippen molar-refractivity contribution in [3.63, 3.8) is 0 Å². The van der Waals surface area contributed by atoms with Gasteiger partial charge in [0.2, 0.25) is 11.8 Å². The molecule has 0 aromatic rings. The molecular weight excluding hydrogens is 871 g/mol. The molecule has 0 radical (unpaired) electrons. The lowest BCUT2D eigenvalue weighted by Gasteiger charge is -2.32. The molecule has 1 aliphatic heterocycles. The van der Waals surface area contributed by atoms with E-state index in [0.29, 0.717) is 78.2 Å². The van der Waals surface area contributed by atoms with E-state index < -0.39 is 50.4 Å². The monoisotopic (exact) mass is 940 g/mol. The summed E-state index contributed by atoms with van der Waals surface area (Å²) in [6.07, 6.45) is 4.04. The van der Waals surface area contributed by atoms with E-state index in [9.17, 15) is 63.1 Å². The Morgan fingerprint density at radius 1 is 0.531 bits per heavy atom. The SMILES string of the molecule is CC(=O)OC[C@@H](COP(=O)(O)OCCNC(=O)CCCCCNC(=O)NCCCCCCNC(=O)CN1CCN(CC(=O)O)CCN(CC(=O)O)CCN(CC(=O)O)CC1)OC(C)=O. The molecule has 0 spiro atoms. The average molecular weight is 941 g/mol. The number of carbonyl (C=O) groups excluding carboxylic acids is 5. The van der Waals surface area contributed by atoms with Crippen molar-refractivity contribution in [1.29, 1.82) is 0 Å². The summed E-state index contributed by atoms with van der Waals surface area (Å²) in [6.45, 7) is 4.03. The van der Waals surface area contributed by atoms with Gasteiger partial charge in [-0.1, -0.05) is 19.3 Å². The number of hydrogen-bond acceptors (Lipinski definition) is 17. The summed E-state index contributed by atoms with van der Waals surface area (Å²) in [5.74, 6) is -4.94. The van der Waals surface area contributed by atoms with Crippen LogP contribution in [0.15, 0.2) is 0 Å². The minimum atomic E-state index is -4.55. The van der Waals surface area contributed by atoms with Gasteiger partial charge < -0.3 is 51.0 Å². The lowest BCUT2D eigenvalue weighted by atomic mass is 10.2. The van der Waals surface area contributed by atoms with Gasteiger partial charge >= 0.3 is 43.7 Å². The van der Waals surface area contributed by atoms with Crippen LogP contribution in [0, 0.1) is 0 Å². The van der Waals surface area contributed by atoms with E-state index in [2.05, 4.69) is 21.3 Å². The van der Waals surface area contributed by atoms with Crippen molar-refractivity contribution in [3.05, 3.63) is 0 Å². The fourth-order valence-corrected chi connectivity index (χ4v) is 6.90. The number of unbranched alkanes of at least 4 members (excludes halogenated alkanes) is 5. The maximum atomic E-state index is 12.8. The number of ether oxygens (including phenoxy) is 2. The molecule has 8 N–H and O–H groups in total. The summed E-state index contributed by atoms with van der Waals surface area (Å²) in [5, 5.41) is 39.1. The number of urea groups is 1. The molecule has 64 heavy (non-hydrogen) atoms. The molecule has 0 aromatic heterocycles. The van der Waals surface area contributed by atoms with Gasteiger partial charge in [0, 0.05) is 98.8 Å². The second kappa shape index (κ2) is 33.9. The van der Waals surface area contributed by atoms with E-state index in [1.165, 1.54) is 0 Å². The summed E-state index contributed by atoms with van der Waals surface area (Å²) < 4.78 is 31.3. The van der Waals surface area contributed by atoms with Gasteiger partial charge in [0.25, 0.3) is 0 Å². The highest BCUT2D eigenvalue weighted by Crippen LogP contribution is 2.43. The molecule has 2 atom stereocenters. The molecular formula is C38H69N8O17P. The highest BCUT2D eigenvalue weighted by Gasteiger charge is 2.26. The summed E-state index contributed by atoms with van der Waals surface area (Å²) in [6, 6.07) is -0.305. The first kappa shape index (κ1) is 57.5. The predicted molar refractivity (Wildman–Crippen MR) is 227 cm³/mol. The van der Waals surface area contributed by atoms with Gasteiger partial charge in [-0.05, 0) is 25.7 Å². The molecule has 1 fully saturated rings. The van der Waals surface area contributed by atoms with Crippen LogP contribution in [0.25, 0.3) is 0 Å². The number of phosphoric ester groups is 1. The van der Waals surface area contributed by atoms with Crippen molar-refractivity contribution in [3.8, 4) is 0 Å². The molecule has 0 saturated carbocycles. The Morgan fingerprint density at radius 3 is 1.39 bits per heavy atom. The summed E-state index contributed by atoms with van der Waals surface area (Å²) >= 11 is 0. The number of aliphatic carboxylic acids is 3. The average Bonchev–Trinajstić information content (AvgIpc) is 3.20. The Bertz CT molecular complexity index is 1480. The van der Waals surface area contributed by atoms with Crippen LogP contribution in [0.4, 0.5) is 4.79 Å². The van der Waals surface area contributed by atoms with Crippen molar-refractivity contribution in [2.45, 2.75) is 71.3 Å². The molecule has 26 heteroatoms. The van der Waals surface area contributed by atoms with Gasteiger partial charge in [0.15, 0.2) is 6.10 Å². The van der Waals surface area contributed by atoms with Crippen LogP contribution in [0.1, 0.15) is 65.2 Å². The highest BCUT2D eigenvalue weighted by atomic mass is 31.2. The van der Waals surface area contributed by atoms with Gasteiger partial charge in [-0.25, -0.2) is 9.36 Å². The predicted octanol–water partition coefficient (Wildman–Crippen LogP) is -1.26. The number of nitrogens with one attached hydrogen (secondary N) is 4. The van der Waals surface area contributed by atoms with Gasteiger partial charge in [-0.2, -0.15) is 0 Å². The number of carboxylic acid groups (broad SMARTS) is 3. The van der Waals surface area contributed by atoms with E-state index in [1.54, 1.807) is 14.7 Å². The molecule has 0 aliphatic carbocycles. The molecule has 1 rings (SSSR count). The van der Waals surface area contributed by atoms with Crippen molar-refractivity contribution in [1.82, 2.24) is 40.9 Å². The number of phosphoric acid groups is 1. The standard InChI is InChI=1S/C38H69N8O17P/c1-30(47)60-28-32(63-31(2)48)29-62-64(58,59)61-23-14-40-33(49)10-6-5-9-13-42-38(57)41-12-8-4-3-7-11-39-34(50)24-43-15-17-44(25-35(51)52)19-21-46(27-37(55)56)22-20-45(18-16-43)26-36(53)54/h32H,3-29H2,1-2H3,(H,39,50)(H,40,49)(H,51,52)(H,53,54)(H,55,56)(H,58,59)(H2,41,42,57)/t32-/m0/s1. The van der Waals surface area contributed by atoms with E-state index in [-0.39, 0.29) is 83.3 Å². The van der Waals surface area contributed by atoms with E-state index in [4.69, 9.17) is 18.5 Å². The van der Waals surface area contributed by atoms with E-state index in [1.807, 2.05) is 4.90 Å². The van der Waals surface area contributed by atoms with Crippen LogP contribution in [0.3, 0.4) is 0 Å². The zero-order valence-electron chi connectivity index (χ0n) is 37.0. The van der Waals surface area contributed by atoms with Gasteiger partial charge in [-0.3, -0.25) is 62.2 Å². The number of hydrogen-bond donors (Lipinski definition) is 8. The normalized spacial score (nSPS) is 16.2. The maximum absolute atomic E-state index is 12.8. The van der Waals surface area contributed by atoms with Crippen molar-refractivity contribution >= 4 is 55.5 Å². The molecule has 368 valence electrons. The lowest BCUT2D eigenvalue weighted by molar-refractivity contribution is -0.158. The minimum Gasteiger partial charge on any atom is -0.480 e. The fourth-order valence-electron chi connectivity index (χ4n) is 6.14. The van der Waals surface area contributed by atoms with Crippen molar-refractivity contribution in [2.75, 3.05) is 125 Å². The van der Waals surface area contributed by atoms with Crippen molar-refractivity contribution in [2.24, 2.45) is 0 Å². The second-order valence-corrected chi connectivity index (χ2v) is 16.5. The summed E-state index contributed by atoms with van der Waals surface area (Å²) in [7, 11) is -4.55. The van der Waals surface area contributed by atoms with E-state index in [0.717, 1.165) is 39.5 Å². The third kappa shape index (κ3) is 33.1. The van der Waals surface area contributed by atoms with Crippen LogP contribution in [0.2, 0.25) is 0 Å². The first-order valence-electron chi connectivity index (χ1n) is 21.4. The molecule has 1 unspecified atom stereocenters. The van der Waals surface area contributed by atoms with Crippen LogP contribution in [0.5, 0.6) is 0 Å². The lowest BCUT2D eigenvalue weighted by Crippen LogP contribution is -2.49. The number of esters is 2. The highest BCUT2D eigenvalue weighted by molar-refractivity contribution is 7.47. The minimum absolute atomic E-state index is 0.0417. The Hall–Kier alpha value is -4.49. The van der Waals surface area contributed by atoms with Gasteiger partial charge in [0.1, 0.15) is 6.61 Å². The molecule has 1 saturated heterocycles. The van der Waals surface area contributed by atoms with E-state index >= 15 is 0 Å². The Kier molecular flexibility index (Phi) is 30.5. The Labute approximate surface area is 373 Å². The second-order valence-electron chi connectivity index (χ2n) is 15.0. The number of nitrogens with zero attached hydrogens (tertiary/aromatic N) is 4. The molecule has 1 aliphatic rings. The number of amides is 4. The number of carbonyl (C=O) groups is 8. The third-order valence-corrected chi connectivity index (χ3v) is 10.3. The maximum Gasteiger partial charge on any atom is 0.472 e. The zero-order chi connectivity index (χ0) is 47.8. The largest absolute Gasteiger partial charge is 0.480 e. The molecule has 4 amide bonds. The van der Waals surface area contributed by atoms with Crippen LogP contribution >= 0.6 is 7.82 Å². The number of rotatable bonds is 31. The third-order valence-electron chi connectivity index (χ3n) is 9.36. The molecule has 0 bridgehead atoms. The topological polar surface area (TPSA) is 333 Å². The number of carboxylic acids is 3. The molecule has 1 heterocycles. The van der Waals surface area contributed by atoms with Gasteiger partial charge in [-0.15, -0.1) is 0 Å².